The number of thiazole rings is 1. The Kier molecular flexibility index (Phi) is 3.38. The zero-order chi connectivity index (χ0) is 10.8. The second-order valence-corrected chi connectivity index (χ2v) is 5.33. The van der Waals surface area contributed by atoms with Crippen molar-refractivity contribution in [1.82, 2.24) is 4.98 Å². The van der Waals surface area contributed by atoms with Gasteiger partial charge in [-0.1, -0.05) is 0 Å². The SMILES string of the molecule is Cc1nc(CC(O)C2COC(C)C2)cs1. The number of hydrogen-bond acceptors (Lipinski definition) is 4. The van der Waals surface area contributed by atoms with Crippen LogP contribution >= 0.6 is 11.3 Å². The second kappa shape index (κ2) is 4.60. The van der Waals surface area contributed by atoms with Gasteiger partial charge in [-0.3, -0.25) is 0 Å². The lowest BCUT2D eigenvalue weighted by atomic mass is 9.96. The fraction of sp³-hybridized carbons (Fsp3) is 0.727. The Balaban J connectivity index is 1.89. The number of aromatic nitrogens is 1. The van der Waals surface area contributed by atoms with Crippen LogP contribution in [0.4, 0.5) is 0 Å². The van der Waals surface area contributed by atoms with Crippen LogP contribution in [0.5, 0.6) is 0 Å². The van der Waals surface area contributed by atoms with Crippen LogP contribution in [-0.4, -0.2) is 28.9 Å². The number of aliphatic hydroxyl groups is 1. The average molecular weight is 227 g/mol. The molecule has 15 heavy (non-hydrogen) atoms. The van der Waals surface area contributed by atoms with Crippen LogP contribution in [0.25, 0.3) is 0 Å². The first-order valence-corrected chi connectivity index (χ1v) is 6.24. The summed E-state index contributed by atoms with van der Waals surface area (Å²) < 4.78 is 5.45. The Morgan fingerprint density at radius 1 is 1.73 bits per heavy atom. The average Bonchev–Trinajstić information content (AvgIpc) is 2.75. The standard InChI is InChI=1S/C11H17NO2S/c1-7-3-9(5-14-7)11(13)4-10-6-15-8(2)12-10/h6-7,9,11,13H,3-5H2,1-2H3. The minimum atomic E-state index is -0.309. The van der Waals surface area contributed by atoms with E-state index in [1.165, 1.54) is 0 Å². The largest absolute Gasteiger partial charge is 0.392 e. The highest BCUT2D eigenvalue weighted by Crippen LogP contribution is 2.24. The van der Waals surface area contributed by atoms with Gasteiger partial charge >= 0.3 is 0 Å². The summed E-state index contributed by atoms with van der Waals surface area (Å²) in [7, 11) is 0. The molecule has 0 amide bonds. The fourth-order valence-corrected chi connectivity index (χ4v) is 2.63. The molecule has 1 aliphatic heterocycles. The molecule has 0 saturated carbocycles. The van der Waals surface area contributed by atoms with Gasteiger partial charge in [-0.05, 0) is 20.3 Å². The van der Waals surface area contributed by atoms with Gasteiger partial charge < -0.3 is 9.84 Å². The van der Waals surface area contributed by atoms with Crippen molar-refractivity contribution in [3.05, 3.63) is 16.1 Å². The molecule has 84 valence electrons. The molecule has 1 aromatic heterocycles. The quantitative estimate of drug-likeness (QED) is 0.856. The van der Waals surface area contributed by atoms with E-state index >= 15 is 0 Å². The molecule has 3 atom stereocenters. The van der Waals surface area contributed by atoms with Crippen LogP contribution in [0.1, 0.15) is 24.0 Å². The highest BCUT2D eigenvalue weighted by atomic mass is 32.1. The van der Waals surface area contributed by atoms with Crippen molar-refractivity contribution < 1.29 is 9.84 Å². The van der Waals surface area contributed by atoms with Crippen LogP contribution in [0.15, 0.2) is 5.38 Å². The van der Waals surface area contributed by atoms with Crippen molar-refractivity contribution >= 4 is 11.3 Å². The predicted molar refractivity (Wildman–Crippen MR) is 60.1 cm³/mol. The van der Waals surface area contributed by atoms with E-state index < -0.39 is 0 Å². The molecular formula is C11H17NO2S. The fourth-order valence-electron chi connectivity index (χ4n) is 2.00. The van der Waals surface area contributed by atoms with Gasteiger partial charge in [-0.15, -0.1) is 11.3 Å². The van der Waals surface area contributed by atoms with Gasteiger partial charge in [-0.25, -0.2) is 4.98 Å². The molecule has 0 aromatic carbocycles. The molecule has 1 aromatic rings. The van der Waals surface area contributed by atoms with Crippen LogP contribution in [0.3, 0.4) is 0 Å². The zero-order valence-corrected chi connectivity index (χ0v) is 9.96. The van der Waals surface area contributed by atoms with Crippen LogP contribution < -0.4 is 0 Å². The Labute approximate surface area is 94.1 Å². The first kappa shape index (κ1) is 11.0. The van der Waals surface area contributed by atoms with Gasteiger partial charge in [0.2, 0.25) is 0 Å². The van der Waals surface area contributed by atoms with E-state index in [4.69, 9.17) is 4.74 Å². The monoisotopic (exact) mass is 227 g/mol. The predicted octanol–water partition coefficient (Wildman–Crippen LogP) is 1.78. The van der Waals surface area contributed by atoms with Crippen LogP contribution in [-0.2, 0) is 11.2 Å². The van der Waals surface area contributed by atoms with Gasteiger partial charge in [0.1, 0.15) is 0 Å². The molecule has 3 nitrogen and oxygen atoms in total. The van der Waals surface area contributed by atoms with Crippen molar-refractivity contribution in [1.29, 1.82) is 0 Å². The molecule has 0 bridgehead atoms. The van der Waals surface area contributed by atoms with Gasteiger partial charge in [0.25, 0.3) is 0 Å². The minimum Gasteiger partial charge on any atom is -0.392 e. The molecule has 3 unspecified atom stereocenters. The highest BCUT2D eigenvalue weighted by molar-refractivity contribution is 7.09. The second-order valence-electron chi connectivity index (χ2n) is 4.27. The molecule has 2 rings (SSSR count). The molecule has 0 aliphatic carbocycles. The molecule has 0 radical (unpaired) electrons. The third-order valence-electron chi connectivity index (χ3n) is 2.86. The maximum absolute atomic E-state index is 10.0. The van der Waals surface area contributed by atoms with Crippen molar-refractivity contribution in [2.75, 3.05) is 6.61 Å². The van der Waals surface area contributed by atoms with Gasteiger partial charge in [0.05, 0.1) is 29.5 Å². The summed E-state index contributed by atoms with van der Waals surface area (Å²) in [5.41, 5.74) is 1.00. The van der Waals surface area contributed by atoms with Crippen molar-refractivity contribution in [3.8, 4) is 0 Å². The number of aliphatic hydroxyl groups excluding tert-OH is 1. The maximum Gasteiger partial charge on any atom is 0.0897 e. The lowest BCUT2D eigenvalue weighted by molar-refractivity contribution is 0.0802. The van der Waals surface area contributed by atoms with Crippen molar-refractivity contribution in [2.24, 2.45) is 5.92 Å². The number of aryl methyl sites for hydroxylation is 1. The Morgan fingerprint density at radius 3 is 3.07 bits per heavy atom. The lowest BCUT2D eigenvalue weighted by Crippen LogP contribution is -2.23. The third kappa shape index (κ3) is 2.77. The van der Waals surface area contributed by atoms with Crippen molar-refractivity contribution in [2.45, 2.75) is 38.9 Å². The highest BCUT2D eigenvalue weighted by Gasteiger charge is 2.28. The molecule has 1 saturated heterocycles. The molecule has 1 aliphatic rings. The Hall–Kier alpha value is -0.450. The van der Waals surface area contributed by atoms with E-state index in [2.05, 4.69) is 11.9 Å². The first-order valence-electron chi connectivity index (χ1n) is 5.36. The van der Waals surface area contributed by atoms with Crippen LogP contribution in [0.2, 0.25) is 0 Å². The number of nitrogens with zero attached hydrogens (tertiary/aromatic N) is 1. The summed E-state index contributed by atoms with van der Waals surface area (Å²) >= 11 is 1.64. The summed E-state index contributed by atoms with van der Waals surface area (Å²) in [5, 5.41) is 13.1. The molecule has 0 spiro atoms. The van der Waals surface area contributed by atoms with E-state index in [-0.39, 0.29) is 12.0 Å². The molecule has 1 N–H and O–H groups in total. The number of hydrogen-bond donors (Lipinski definition) is 1. The summed E-state index contributed by atoms with van der Waals surface area (Å²) in [6.07, 6.45) is 1.60. The summed E-state index contributed by atoms with van der Waals surface area (Å²) in [6.45, 7) is 4.73. The maximum atomic E-state index is 10.0. The zero-order valence-electron chi connectivity index (χ0n) is 9.14. The van der Waals surface area contributed by atoms with Crippen molar-refractivity contribution in [3.63, 3.8) is 0 Å². The van der Waals surface area contributed by atoms with Crippen LogP contribution in [0, 0.1) is 12.8 Å². The molecule has 4 heteroatoms. The van der Waals surface area contributed by atoms with E-state index in [0.29, 0.717) is 19.1 Å². The minimum absolute atomic E-state index is 0.280. The number of rotatable bonds is 3. The summed E-state index contributed by atoms with van der Waals surface area (Å²) in [5.74, 6) is 0.280. The summed E-state index contributed by atoms with van der Waals surface area (Å²) in [4.78, 5) is 4.36. The van der Waals surface area contributed by atoms with Gasteiger partial charge in [-0.2, -0.15) is 0 Å². The number of ether oxygens (including phenoxy) is 1. The van der Waals surface area contributed by atoms with Gasteiger partial charge in [0.15, 0.2) is 0 Å². The van der Waals surface area contributed by atoms with E-state index in [9.17, 15) is 5.11 Å². The topological polar surface area (TPSA) is 42.4 Å². The third-order valence-corrected chi connectivity index (χ3v) is 3.68. The van der Waals surface area contributed by atoms with E-state index in [1.807, 2.05) is 12.3 Å². The molecular weight excluding hydrogens is 210 g/mol. The smallest absolute Gasteiger partial charge is 0.0897 e. The van der Waals surface area contributed by atoms with E-state index in [0.717, 1.165) is 17.1 Å². The normalized spacial score (nSPS) is 28.2. The lowest BCUT2D eigenvalue weighted by Gasteiger charge is -2.14. The van der Waals surface area contributed by atoms with E-state index in [1.54, 1.807) is 11.3 Å². The molecule has 1 fully saturated rings. The molecule has 2 heterocycles. The Bertz CT molecular complexity index is 326. The first-order chi connectivity index (χ1) is 7.15. The Morgan fingerprint density at radius 2 is 2.53 bits per heavy atom. The summed E-state index contributed by atoms with van der Waals surface area (Å²) in [6, 6.07) is 0. The van der Waals surface area contributed by atoms with Gasteiger partial charge in [0, 0.05) is 17.7 Å².